The number of amides is 2. The van der Waals surface area contributed by atoms with E-state index in [1.54, 1.807) is 36.4 Å². The summed E-state index contributed by atoms with van der Waals surface area (Å²) in [5.74, 6) is 0.212. The number of carbonyl (C=O) groups excluding carboxylic acids is 2. The highest BCUT2D eigenvalue weighted by Crippen LogP contribution is 2.36. The van der Waals surface area contributed by atoms with Gasteiger partial charge in [0.1, 0.15) is 25.8 Å². The molecule has 0 bridgehead atoms. The molecule has 1 aliphatic heterocycles. The highest BCUT2D eigenvalue weighted by molar-refractivity contribution is 7.92. The highest BCUT2D eigenvalue weighted by Gasteiger charge is 2.35. The van der Waals surface area contributed by atoms with Gasteiger partial charge in [-0.3, -0.25) is 13.9 Å². The molecule has 0 spiro atoms. The Kier molecular flexibility index (Phi) is 9.31. The molecule has 2 amide bonds. The Labute approximate surface area is 247 Å². The maximum absolute atomic E-state index is 14.2. The fourth-order valence-corrected chi connectivity index (χ4v) is 6.93. The summed E-state index contributed by atoms with van der Waals surface area (Å²) in [6.07, 6.45) is 4.35. The molecule has 1 heterocycles. The first-order chi connectivity index (χ1) is 20.4. The molecule has 3 aromatic carbocycles. The van der Waals surface area contributed by atoms with E-state index in [0.717, 1.165) is 35.6 Å². The zero-order valence-electron chi connectivity index (χ0n) is 23.8. The van der Waals surface area contributed by atoms with Crippen LogP contribution in [-0.4, -0.2) is 57.0 Å². The third-order valence-electron chi connectivity index (χ3n) is 7.71. The van der Waals surface area contributed by atoms with Gasteiger partial charge in [-0.2, -0.15) is 0 Å². The third-order valence-corrected chi connectivity index (χ3v) is 9.50. The quantitative estimate of drug-likeness (QED) is 0.352. The smallest absolute Gasteiger partial charge is 0.264 e. The number of nitrogens with one attached hydrogen (secondary N) is 1. The minimum Gasteiger partial charge on any atom is -0.486 e. The average molecular weight is 592 g/mol. The van der Waals surface area contributed by atoms with Gasteiger partial charge < -0.3 is 19.7 Å². The third kappa shape index (κ3) is 6.70. The van der Waals surface area contributed by atoms with Crippen LogP contribution in [0.1, 0.15) is 44.6 Å². The van der Waals surface area contributed by atoms with Crippen molar-refractivity contribution in [2.75, 3.05) is 24.1 Å². The van der Waals surface area contributed by atoms with Gasteiger partial charge in [-0.05, 0) is 49.1 Å². The molecule has 9 nitrogen and oxygen atoms in total. The minimum absolute atomic E-state index is 0.0494. The van der Waals surface area contributed by atoms with E-state index >= 15 is 0 Å². The molecule has 2 aliphatic rings. The summed E-state index contributed by atoms with van der Waals surface area (Å²) in [6, 6.07) is 21.6. The summed E-state index contributed by atoms with van der Waals surface area (Å²) in [5, 5.41) is 3.13. The number of hydrogen-bond donors (Lipinski definition) is 1. The summed E-state index contributed by atoms with van der Waals surface area (Å²) >= 11 is 0. The SMILES string of the molecule is CCC(C(=O)NC1CCCC1)N(Cc1ccccc1)C(=O)CN(c1ccc2c(c1)OCCO2)S(=O)(=O)c1ccccc1. The van der Waals surface area contributed by atoms with Crippen LogP contribution in [0.5, 0.6) is 11.5 Å². The second-order valence-corrected chi connectivity index (χ2v) is 12.4. The van der Waals surface area contributed by atoms with E-state index in [1.165, 1.54) is 17.0 Å². The van der Waals surface area contributed by atoms with E-state index in [1.807, 2.05) is 37.3 Å². The van der Waals surface area contributed by atoms with E-state index in [0.29, 0.717) is 31.1 Å². The van der Waals surface area contributed by atoms with Crippen molar-refractivity contribution in [3.63, 3.8) is 0 Å². The summed E-state index contributed by atoms with van der Waals surface area (Å²) in [6.45, 7) is 2.25. The van der Waals surface area contributed by atoms with Crippen molar-refractivity contribution in [2.24, 2.45) is 0 Å². The topological polar surface area (TPSA) is 105 Å². The summed E-state index contributed by atoms with van der Waals surface area (Å²) in [5.41, 5.74) is 1.11. The van der Waals surface area contributed by atoms with E-state index in [4.69, 9.17) is 9.47 Å². The predicted octanol–water partition coefficient (Wildman–Crippen LogP) is 4.52. The maximum atomic E-state index is 14.2. The predicted molar refractivity (Wildman–Crippen MR) is 160 cm³/mol. The van der Waals surface area contributed by atoms with E-state index < -0.39 is 28.5 Å². The molecule has 0 radical (unpaired) electrons. The van der Waals surface area contributed by atoms with Gasteiger partial charge in [-0.15, -0.1) is 0 Å². The van der Waals surface area contributed by atoms with Crippen molar-refractivity contribution in [1.29, 1.82) is 0 Å². The number of benzene rings is 3. The van der Waals surface area contributed by atoms with Crippen LogP contribution < -0.4 is 19.1 Å². The lowest BCUT2D eigenvalue weighted by molar-refractivity contribution is -0.140. The van der Waals surface area contributed by atoms with Crippen molar-refractivity contribution in [3.8, 4) is 11.5 Å². The standard InChI is InChI=1S/C32H37N3O6S/c1-2-28(32(37)33-25-13-9-10-14-25)34(22-24-11-5-3-6-12-24)31(36)23-35(42(38,39)27-15-7-4-8-16-27)26-17-18-29-30(21-26)41-20-19-40-29/h3-8,11-12,15-18,21,25,28H,2,9-10,13-14,19-20,22-23H2,1H3,(H,33,37). The number of ether oxygens (including phenoxy) is 2. The van der Waals surface area contributed by atoms with Crippen LogP contribution >= 0.6 is 0 Å². The summed E-state index contributed by atoms with van der Waals surface area (Å²) in [7, 11) is -4.16. The lowest BCUT2D eigenvalue weighted by Crippen LogP contribution is -2.53. The zero-order chi connectivity index (χ0) is 29.5. The molecule has 0 saturated heterocycles. The van der Waals surface area contributed by atoms with Gasteiger partial charge in [0.2, 0.25) is 11.8 Å². The van der Waals surface area contributed by atoms with Crippen LogP contribution in [0, 0.1) is 0 Å². The van der Waals surface area contributed by atoms with Crippen molar-refractivity contribution in [2.45, 2.75) is 62.6 Å². The Morgan fingerprint density at radius 2 is 1.55 bits per heavy atom. The maximum Gasteiger partial charge on any atom is 0.264 e. The molecule has 5 rings (SSSR count). The number of nitrogens with zero attached hydrogens (tertiary/aromatic N) is 2. The highest BCUT2D eigenvalue weighted by atomic mass is 32.2. The molecule has 1 atom stereocenters. The lowest BCUT2D eigenvalue weighted by Gasteiger charge is -2.34. The molecular weight excluding hydrogens is 554 g/mol. The van der Waals surface area contributed by atoms with Gasteiger partial charge in [0.05, 0.1) is 10.6 Å². The van der Waals surface area contributed by atoms with Gasteiger partial charge in [-0.1, -0.05) is 68.3 Å². The molecule has 1 N–H and O–H groups in total. The molecule has 222 valence electrons. The van der Waals surface area contributed by atoms with E-state index in [9.17, 15) is 18.0 Å². The second-order valence-electron chi connectivity index (χ2n) is 10.6. The van der Waals surface area contributed by atoms with Crippen LogP contribution in [-0.2, 0) is 26.2 Å². The van der Waals surface area contributed by atoms with Gasteiger partial charge in [0, 0.05) is 18.7 Å². The van der Waals surface area contributed by atoms with Crippen molar-refractivity contribution in [3.05, 3.63) is 84.4 Å². The van der Waals surface area contributed by atoms with Crippen molar-refractivity contribution >= 4 is 27.5 Å². The number of sulfonamides is 1. The Morgan fingerprint density at radius 3 is 2.21 bits per heavy atom. The Balaban J connectivity index is 1.50. The summed E-state index contributed by atoms with van der Waals surface area (Å²) < 4.78 is 40.5. The normalized spacial score (nSPS) is 15.5. The fraction of sp³-hybridized carbons (Fsp3) is 0.375. The first kappa shape index (κ1) is 29.4. The number of fused-ring (bicyclic) bond motifs is 1. The monoisotopic (exact) mass is 591 g/mol. The van der Waals surface area contributed by atoms with Gasteiger partial charge in [-0.25, -0.2) is 8.42 Å². The molecular formula is C32H37N3O6S. The minimum atomic E-state index is -4.16. The first-order valence-electron chi connectivity index (χ1n) is 14.5. The van der Waals surface area contributed by atoms with Gasteiger partial charge in [0.25, 0.3) is 10.0 Å². The zero-order valence-corrected chi connectivity index (χ0v) is 24.6. The number of hydrogen-bond acceptors (Lipinski definition) is 6. The van der Waals surface area contributed by atoms with Crippen LogP contribution in [0.4, 0.5) is 5.69 Å². The molecule has 1 aliphatic carbocycles. The molecule has 1 saturated carbocycles. The van der Waals surface area contributed by atoms with E-state index in [-0.39, 0.29) is 29.1 Å². The fourth-order valence-electron chi connectivity index (χ4n) is 5.50. The molecule has 0 aromatic heterocycles. The number of carbonyl (C=O) groups is 2. The van der Waals surface area contributed by atoms with Crippen LogP contribution in [0.25, 0.3) is 0 Å². The van der Waals surface area contributed by atoms with Crippen molar-refractivity contribution < 1.29 is 27.5 Å². The number of rotatable bonds is 11. The largest absolute Gasteiger partial charge is 0.486 e. The summed E-state index contributed by atoms with van der Waals surface area (Å²) in [4.78, 5) is 29.3. The Hall–Kier alpha value is -4.05. The molecule has 42 heavy (non-hydrogen) atoms. The van der Waals surface area contributed by atoms with Crippen molar-refractivity contribution in [1.82, 2.24) is 10.2 Å². The molecule has 1 fully saturated rings. The molecule has 3 aromatic rings. The van der Waals surface area contributed by atoms with Gasteiger partial charge in [0.15, 0.2) is 11.5 Å². The second kappa shape index (κ2) is 13.3. The molecule has 10 heteroatoms. The molecule has 1 unspecified atom stereocenters. The van der Waals surface area contributed by atoms with Crippen LogP contribution in [0.3, 0.4) is 0 Å². The lowest BCUT2D eigenvalue weighted by atomic mass is 10.1. The van der Waals surface area contributed by atoms with E-state index in [2.05, 4.69) is 5.32 Å². The van der Waals surface area contributed by atoms with Crippen LogP contribution in [0.15, 0.2) is 83.8 Å². The Bertz CT molecular complexity index is 1480. The van der Waals surface area contributed by atoms with Crippen LogP contribution in [0.2, 0.25) is 0 Å². The number of anilines is 1. The average Bonchev–Trinajstić information content (AvgIpc) is 3.53. The Morgan fingerprint density at radius 1 is 0.905 bits per heavy atom. The first-order valence-corrected chi connectivity index (χ1v) is 15.9. The van der Waals surface area contributed by atoms with Gasteiger partial charge >= 0.3 is 0 Å².